The quantitative estimate of drug-likeness (QED) is 0.786. The fourth-order valence-corrected chi connectivity index (χ4v) is 3.45. The summed E-state index contributed by atoms with van der Waals surface area (Å²) < 4.78 is 7.56. The molecule has 1 atom stereocenters. The van der Waals surface area contributed by atoms with Gasteiger partial charge in [-0.2, -0.15) is 5.10 Å². The number of nitrogens with zero attached hydrogens (tertiary/aromatic N) is 2. The summed E-state index contributed by atoms with van der Waals surface area (Å²) in [6.45, 7) is 8.59. The number of carbonyl (C=O) groups is 1. The molecule has 6 heteroatoms. The van der Waals surface area contributed by atoms with Crippen molar-refractivity contribution >= 4 is 5.91 Å². The lowest BCUT2D eigenvalue weighted by atomic mass is 9.87. The number of benzene rings is 1. The highest BCUT2D eigenvalue weighted by atomic mass is 16.5. The number of hydrogen-bond donors (Lipinski definition) is 2. The van der Waals surface area contributed by atoms with Crippen molar-refractivity contribution in [3.05, 3.63) is 48.3 Å². The standard InChI is InChI=1S/C21H30N4O2/c1-16(2)15-27-19-7-5-18(6-8-19)17(3)24-20(26)21(9-12-22-13-10-21)25-14-4-11-23-25/h4-8,11,14,16-17,22H,9-10,12-13,15H2,1-3H3,(H,24,26). The lowest BCUT2D eigenvalue weighted by molar-refractivity contribution is -0.132. The summed E-state index contributed by atoms with van der Waals surface area (Å²) in [6.07, 6.45) is 5.08. The predicted molar refractivity (Wildman–Crippen MR) is 106 cm³/mol. The van der Waals surface area contributed by atoms with Crippen LogP contribution in [0.1, 0.15) is 45.2 Å². The number of carbonyl (C=O) groups excluding carboxylic acids is 1. The average Bonchev–Trinajstić information content (AvgIpc) is 3.22. The molecule has 0 saturated carbocycles. The molecule has 27 heavy (non-hydrogen) atoms. The molecule has 0 radical (unpaired) electrons. The van der Waals surface area contributed by atoms with Gasteiger partial charge in [-0.25, -0.2) is 0 Å². The van der Waals surface area contributed by atoms with Crippen LogP contribution in [0.3, 0.4) is 0 Å². The number of aromatic nitrogens is 2. The molecule has 1 unspecified atom stereocenters. The summed E-state index contributed by atoms with van der Waals surface area (Å²) in [5.41, 5.74) is 0.438. The molecule has 3 rings (SSSR count). The molecular weight excluding hydrogens is 340 g/mol. The lowest BCUT2D eigenvalue weighted by Gasteiger charge is -2.37. The van der Waals surface area contributed by atoms with E-state index in [1.165, 1.54) is 0 Å². The number of piperidine rings is 1. The Labute approximate surface area is 161 Å². The summed E-state index contributed by atoms with van der Waals surface area (Å²) in [7, 11) is 0. The zero-order valence-electron chi connectivity index (χ0n) is 16.4. The maximum atomic E-state index is 13.2. The van der Waals surface area contributed by atoms with Gasteiger partial charge in [0.05, 0.1) is 12.6 Å². The summed E-state index contributed by atoms with van der Waals surface area (Å²) in [5, 5.41) is 10.9. The Morgan fingerprint density at radius 3 is 2.56 bits per heavy atom. The third-order valence-corrected chi connectivity index (χ3v) is 5.11. The smallest absolute Gasteiger partial charge is 0.248 e. The van der Waals surface area contributed by atoms with Crippen LogP contribution in [0.15, 0.2) is 42.7 Å². The minimum Gasteiger partial charge on any atom is -0.493 e. The van der Waals surface area contributed by atoms with Crippen molar-refractivity contribution < 1.29 is 9.53 Å². The first-order valence-corrected chi connectivity index (χ1v) is 9.76. The van der Waals surface area contributed by atoms with E-state index in [0.717, 1.165) is 37.2 Å². The monoisotopic (exact) mass is 370 g/mol. The number of rotatable bonds is 7. The highest BCUT2D eigenvalue weighted by Gasteiger charge is 2.42. The van der Waals surface area contributed by atoms with Crippen LogP contribution in [0.4, 0.5) is 0 Å². The van der Waals surface area contributed by atoms with Crippen molar-refractivity contribution in [1.82, 2.24) is 20.4 Å². The second-order valence-electron chi connectivity index (χ2n) is 7.70. The third-order valence-electron chi connectivity index (χ3n) is 5.11. The van der Waals surface area contributed by atoms with Gasteiger partial charge in [0.15, 0.2) is 0 Å². The molecule has 1 aromatic carbocycles. The van der Waals surface area contributed by atoms with Crippen molar-refractivity contribution in [3.8, 4) is 5.75 Å². The fraction of sp³-hybridized carbons (Fsp3) is 0.524. The number of amides is 1. The van der Waals surface area contributed by atoms with E-state index in [0.29, 0.717) is 12.5 Å². The van der Waals surface area contributed by atoms with Gasteiger partial charge in [0.2, 0.25) is 5.91 Å². The molecule has 1 aromatic heterocycles. The van der Waals surface area contributed by atoms with Gasteiger partial charge in [-0.15, -0.1) is 0 Å². The molecule has 146 valence electrons. The van der Waals surface area contributed by atoms with Crippen LogP contribution in [0.2, 0.25) is 0 Å². The summed E-state index contributed by atoms with van der Waals surface area (Å²) in [6, 6.07) is 9.75. The van der Waals surface area contributed by atoms with Gasteiger partial charge < -0.3 is 15.4 Å². The molecule has 1 amide bonds. The van der Waals surface area contributed by atoms with E-state index in [1.807, 2.05) is 48.1 Å². The van der Waals surface area contributed by atoms with E-state index >= 15 is 0 Å². The maximum Gasteiger partial charge on any atom is 0.248 e. The third kappa shape index (κ3) is 4.50. The topological polar surface area (TPSA) is 68.2 Å². The number of nitrogens with one attached hydrogen (secondary N) is 2. The Bertz CT molecular complexity index is 719. The van der Waals surface area contributed by atoms with E-state index in [-0.39, 0.29) is 11.9 Å². The first-order valence-electron chi connectivity index (χ1n) is 9.76. The number of hydrogen-bond acceptors (Lipinski definition) is 4. The predicted octanol–water partition coefficient (Wildman–Crippen LogP) is 2.87. The van der Waals surface area contributed by atoms with Crippen LogP contribution in [0, 0.1) is 5.92 Å². The molecule has 0 aliphatic carbocycles. The Kier molecular flexibility index (Phi) is 6.16. The Morgan fingerprint density at radius 1 is 1.26 bits per heavy atom. The molecule has 1 saturated heterocycles. The molecule has 2 N–H and O–H groups in total. The minimum absolute atomic E-state index is 0.0281. The van der Waals surface area contributed by atoms with E-state index < -0.39 is 5.54 Å². The van der Waals surface area contributed by atoms with Crippen molar-refractivity contribution in [2.45, 2.75) is 45.2 Å². The molecule has 2 aromatic rings. The van der Waals surface area contributed by atoms with Crippen molar-refractivity contribution in [1.29, 1.82) is 0 Å². The van der Waals surface area contributed by atoms with Gasteiger partial charge in [0, 0.05) is 12.4 Å². The van der Waals surface area contributed by atoms with Gasteiger partial charge in [0.25, 0.3) is 0 Å². The van der Waals surface area contributed by atoms with E-state index in [2.05, 4.69) is 29.6 Å². The second-order valence-corrected chi connectivity index (χ2v) is 7.70. The summed E-state index contributed by atoms with van der Waals surface area (Å²) in [4.78, 5) is 13.2. The first-order chi connectivity index (χ1) is 13.0. The molecule has 1 fully saturated rings. The average molecular weight is 370 g/mol. The molecular formula is C21H30N4O2. The largest absolute Gasteiger partial charge is 0.493 e. The first kappa shape index (κ1) is 19.4. The normalized spacial score (nSPS) is 17.5. The van der Waals surface area contributed by atoms with E-state index in [1.54, 1.807) is 6.20 Å². The van der Waals surface area contributed by atoms with Crippen molar-refractivity contribution in [2.75, 3.05) is 19.7 Å². The van der Waals surface area contributed by atoms with Gasteiger partial charge in [0.1, 0.15) is 11.3 Å². The maximum absolute atomic E-state index is 13.2. The van der Waals surface area contributed by atoms with Crippen molar-refractivity contribution in [3.63, 3.8) is 0 Å². The van der Waals surface area contributed by atoms with Crippen LogP contribution in [-0.2, 0) is 10.3 Å². The Morgan fingerprint density at radius 2 is 1.96 bits per heavy atom. The van der Waals surface area contributed by atoms with Crippen molar-refractivity contribution in [2.24, 2.45) is 5.92 Å². The van der Waals surface area contributed by atoms with Gasteiger partial charge in [-0.3, -0.25) is 9.48 Å². The zero-order chi connectivity index (χ0) is 19.3. The van der Waals surface area contributed by atoms with Gasteiger partial charge in [-0.05, 0) is 62.5 Å². The van der Waals surface area contributed by atoms with Crippen LogP contribution in [-0.4, -0.2) is 35.4 Å². The van der Waals surface area contributed by atoms with E-state index in [4.69, 9.17) is 4.74 Å². The van der Waals surface area contributed by atoms with Crippen LogP contribution in [0.25, 0.3) is 0 Å². The van der Waals surface area contributed by atoms with Crippen LogP contribution < -0.4 is 15.4 Å². The highest BCUT2D eigenvalue weighted by molar-refractivity contribution is 5.85. The number of ether oxygens (including phenoxy) is 1. The Balaban J connectivity index is 1.68. The molecule has 1 aliphatic rings. The van der Waals surface area contributed by atoms with Crippen LogP contribution in [0.5, 0.6) is 5.75 Å². The minimum atomic E-state index is -0.622. The molecule has 0 bridgehead atoms. The zero-order valence-corrected chi connectivity index (χ0v) is 16.4. The second kappa shape index (κ2) is 8.57. The van der Waals surface area contributed by atoms with Gasteiger partial charge >= 0.3 is 0 Å². The highest BCUT2D eigenvalue weighted by Crippen LogP contribution is 2.28. The molecule has 0 spiro atoms. The summed E-state index contributed by atoms with van der Waals surface area (Å²) >= 11 is 0. The molecule has 2 heterocycles. The molecule has 6 nitrogen and oxygen atoms in total. The Hall–Kier alpha value is -2.34. The van der Waals surface area contributed by atoms with Gasteiger partial charge in [-0.1, -0.05) is 26.0 Å². The lowest BCUT2D eigenvalue weighted by Crippen LogP contribution is -2.55. The fourth-order valence-electron chi connectivity index (χ4n) is 3.45. The molecule has 1 aliphatic heterocycles. The summed E-state index contributed by atoms with van der Waals surface area (Å²) in [5.74, 6) is 1.38. The van der Waals surface area contributed by atoms with E-state index in [9.17, 15) is 4.79 Å². The SMILES string of the molecule is CC(C)COc1ccc(C(C)NC(=O)C2(n3cccn3)CCNCC2)cc1. The van der Waals surface area contributed by atoms with Crippen LogP contribution >= 0.6 is 0 Å².